The first-order valence-electron chi connectivity index (χ1n) is 8.81. The Labute approximate surface area is 161 Å². The quantitative estimate of drug-likeness (QED) is 0.575. The molecule has 0 bridgehead atoms. The van der Waals surface area contributed by atoms with Crippen LogP contribution in [0.15, 0.2) is 66.9 Å². The Morgan fingerprint density at radius 1 is 1.07 bits per heavy atom. The molecule has 0 aliphatic rings. The van der Waals surface area contributed by atoms with E-state index in [0.717, 1.165) is 27.6 Å². The number of rotatable bonds is 5. The molecular weight excluding hydrogens is 352 g/mol. The Morgan fingerprint density at radius 3 is 2.54 bits per heavy atom. The highest BCUT2D eigenvalue weighted by molar-refractivity contribution is 5.89. The van der Waals surface area contributed by atoms with Gasteiger partial charge in [-0.25, -0.2) is 9.67 Å². The lowest BCUT2D eigenvalue weighted by Gasteiger charge is -2.06. The van der Waals surface area contributed by atoms with Crippen molar-refractivity contribution in [1.82, 2.24) is 14.8 Å². The summed E-state index contributed by atoms with van der Waals surface area (Å²) in [7, 11) is 0. The number of fused-ring (bicyclic) bond motifs is 1. The third kappa shape index (κ3) is 3.33. The summed E-state index contributed by atoms with van der Waals surface area (Å²) >= 11 is 0. The maximum atomic E-state index is 10.7. The van der Waals surface area contributed by atoms with E-state index in [-0.39, 0.29) is 6.42 Å². The van der Waals surface area contributed by atoms with E-state index < -0.39 is 5.97 Å². The smallest absolute Gasteiger partial charge is 0.303 e. The van der Waals surface area contributed by atoms with Crippen LogP contribution in [0.5, 0.6) is 0 Å². The van der Waals surface area contributed by atoms with Gasteiger partial charge in [0.2, 0.25) is 0 Å². The van der Waals surface area contributed by atoms with Crippen LogP contribution < -0.4 is 0 Å². The van der Waals surface area contributed by atoms with Crippen molar-refractivity contribution >= 4 is 16.9 Å². The Morgan fingerprint density at radius 2 is 1.86 bits per heavy atom. The molecule has 4 rings (SSSR count). The molecule has 2 aromatic carbocycles. The zero-order valence-corrected chi connectivity index (χ0v) is 14.9. The minimum Gasteiger partial charge on any atom is -0.481 e. The molecule has 0 saturated heterocycles. The SMILES string of the molecule is N#Cc1nn(-c2ccccn2)c2cc(-c3ccc(CCC(=O)O)cc3)ccc12. The van der Waals surface area contributed by atoms with Gasteiger partial charge in [-0.3, -0.25) is 4.79 Å². The van der Waals surface area contributed by atoms with Crippen LogP contribution in [0.1, 0.15) is 17.7 Å². The van der Waals surface area contributed by atoms with Crippen LogP contribution in [0.4, 0.5) is 0 Å². The summed E-state index contributed by atoms with van der Waals surface area (Å²) in [6, 6.07) is 21.4. The molecule has 0 amide bonds. The highest BCUT2D eigenvalue weighted by atomic mass is 16.4. The number of hydrogen-bond donors (Lipinski definition) is 1. The molecule has 0 spiro atoms. The van der Waals surface area contributed by atoms with Crippen molar-refractivity contribution in [2.75, 3.05) is 0 Å². The molecule has 6 heteroatoms. The van der Waals surface area contributed by atoms with Crippen LogP contribution >= 0.6 is 0 Å². The number of pyridine rings is 1. The molecule has 2 heterocycles. The van der Waals surface area contributed by atoms with E-state index in [0.29, 0.717) is 17.9 Å². The standard InChI is InChI=1S/C22H16N4O2/c23-14-19-18-10-9-17(16-7-4-15(5-8-16)6-11-22(27)28)13-20(18)26(25-19)21-3-1-2-12-24-21/h1-5,7-10,12-13H,6,11H2,(H,27,28). The molecule has 4 aromatic rings. The molecule has 0 aliphatic heterocycles. The lowest BCUT2D eigenvalue weighted by Crippen LogP contribution is -1.99. The van der Waals surface area contributed by atoms with Crippen LogP contribution in [0.2, 0.25) is 0 Å². The van der Waals surface area contributed by atoms with Crippen LogP contribution in [0, 0.1) is 11.3 Å². The molecule has 28 heavy (non-hydrogen) atoms. The molecule has 0 aliphatic carbocycles. The molecule has 0 saturated carbocycles. The monoisotopic (exact) mass is 368 g/mol. The average Bonchev–Trinajstić information content (AvgIpc) is 3.11. The van der Waals surface area contributed by atoms with Crippen molar-refractivity contribution in [3.8, 4) is 23.0 Å². The molecule has 0 radical (unpaired) electrons. The fraction of sp³-hybridized carbons (Fsp3) is 0.0909. The van der Waals surface area contributed by atoms with Crippen LogP contribution in [0.3, 0.4) is 0 Å². The summed E-state index contributed by atoms with van der Waals surface area (Å²) in [5.74, 6) is -0.152. The molecular formula is C22H16N4O2. The summed E-state index contributed by atoms with van der Waals surface area (Å²) < 4.78 is 1.68. The van der Waals surface area contributed by atoms with E-state index in [2.05, 4.69) is 16.2 Å². The second-order valence-corrected chi connectivity index (χ2v) is 6.38. The van der Waals surface area contributed by atoms with E-state index in [1.807, 2.05) is 60.7 Å². The predicted molar refractivity (Wildman–Crippen MR) is 105 cm³/mol. The first kappa shape index (κ1) is 17.4. The fourth-order valence-corrected chi connectivity index (χ4v) is 3.15. The lowest BCUT2D eigenvalue weighted by molar-refractivity contribution is -0.136. The number of aliphatic carboxylic acids is 1. The summed E-state index contributed by atoms with van der Waals surface area (Å²) in [5, 5.41) is 23.4. The maximum absolute atomic E-state index is 10.7. The van der Waals surface area contributed by atoms with Crippen LogP contribution in [-0.2, 0) is 11.2 Å². The Kier molecular flexibility index (Phi) is 4.56. The van der Waals surface area contributed by atoms with Crippen molar-refractivity contribution < 1.29 is 9.90 Å². The number of aromatic nitrogens is 3. The minimum atomic E-state index is -0.800. The molecule has 1 N–H and O–H groups in total. The maximum Gasteiger partial charge on any atom is 0.303 e. The minimum absolute atomic E-state index is 0.117. The molecule has 0 atom stereocenters. The van der Waals surface area contributed by atoms with Crippen molar-refractivity contribution in [1.29, 1.82) is 5.26 Å². The fourth-order valence-electron chi connectivity index (χ4n) is 3.15. The highest BCUT2D eigenvalue weighted by Gasteiger charge is 2.13. The molecule has 0 fully saturated rings. The van der Waals surface area contributed by atoms with Gasteiger partial charge in [0, 0.05) is 18.0 Å². The first-order valence-corrected chi connectivity index (χ1v) is 8.81. The van der Waals surface area contributed by atoms with Gasteiger partial charge in [-0.15, -0.1) is 0 Å². The zero-order valence-electron chi connectivity index (χ0n) is 14.9. The molecule has 136 valence electrons. The Balaban J connectivity index is 1.75. The van der Waals surface area contributed by atoms with Crippen molar-refractivity contribution in [3.63, 3.8) is 0 Å². The number of nitrogens with zero attached hydrogens (tertiary/aromatic N) is 4. The number of carbonyl (C=O) groups is 1. The van der Waals surface area contributed by atoms with Crippen molar-refractivity contribution in [2.24, 2.45) is 0 Å². The van der Waals surface area contributed by atoms with E-state index in [1.165, 1.54) is 0 Å². The van der Waals surface area contributed by atoms with Crippen molar-refractivity contribution in [2.45, 2.75) is 12.8 Å². The molecule has 2 aromatic heterocycles. The predicted octanol–water partition coefficient (Wildman–Crippen LogP) is 3.98. The van der Waals surface area contributed by atoms with Gasteiger partial charge in [0.1, 0.15) is 6.07 Å². The van der Waals surface area contributed by atoms with E-state index in [1.54, 1.807) is 10.9 Å². The Hall–Kier alpha value is -3.98. The van der Waals surface area contributed by atoms with Crippen LogP contribution in [0.25, 0.3) is 27.8 Å². The van der Waals surface area contributed by atoms with E-state index >= 15 is 0 Å². The second-order valence-electron chi connectivity index (χ2n) is 6.38. The molecule has 6 nitrogen and oxygen atoms in total. The summed E-state index contributed by atoms with van der Waals surface area (Å²) in [6.45, 7) is 0. The number of carboxylic acid groups (broad SMARTS) is 1. The van der Waals surface area contributed by atoms with Gasteiger partial charge in [-0.05, 0) is 47.4 Å². The normalized spacial score (nSPS) is 10.7. The van der Waals surface area contributed by atoms with Gasteiger partial charge < -0.3 is 5.11 Å². The lowest BCUT2D eigenvalue weighted by atomic mass is 10.0. The number of benzene rings is 2. The number of hydrogen-bond acceptors (Lipinski definition) is 4. The summed E-state index contributed by atoms with van der Waals surface area (Å²) in [5.41, 5.74) is 4.14. The summed E-state index contributed by atoms with van der Waals surface area (Å²) in [6.07, 6.45) is 2.31. The second kappa shape index (κ2) is 7.33. The first-order chi connectivity index (χ1) is 13.7. The third-order valence-electron chi connectivity index (χ3n) is 4.57. The summed E-state index contributed by atoms with van der Waals surface area (Å²) in [4.78, 5) is 15.1. The largest absolute Gasteiger partial charge is 0.481 e. The topological polar surface area (TPSA) is 91.8 Å². The number of carboxylic acids is 1. The Bertz CT molecular complexity index is 1190. The molecule has 0 unspecified atom stereocenters. The third-order valence-corrected chi connectivity index (χ3v) is 4.57. The number of nitriles is 1. The van der Waals surface area contributed by atoms with E-state index in [4.69, 9.17) is 5.11 Å². The van der Waals surface area contributed by atoms with Crippen LogP contribution in [-0.4, -0.2) is 25.8 Å². The van der Waals surface area contributed by atoms with Crippen molar-refractivity contribution in [3.05, 3.63) is 78.1 Å². The van der Waals surface area contributed by atoms with Gasteiger partial charge in [0.05, 0.1) is 5.52 Å². The van der Waals surface area contributed by atoms with Gasteiger partial charge in [0.25, 0.3) is 0 Å². The highest BCUT2D eigenvalue weighted by Crippen LogP contribution is 2.28. The van der Waals surface area contributed by atoms with E-state index in [9.17, 15) is 10.1 Å². The number of aryl methyl sites for hydroxylation is 1. The zero-order chi connectivity index (χ0) is 19.5. The van der Waals surface area contributed by atoms with Gasteiger partial charge in [-0.2, -0.15) is 10.4 Å². The van der Waals surface area contributed by atoms with Gasteiger partial charge in [0.15, 0.2) is 11.5 Å². The van der Waals surface area contributed by atoms with Gasteiger partial charge in [-0.1, -0.05) is 36.4 Å². The average molecular weight is 368 g/mol. The van der Waals surface area contributed by atoms with Gasteiger partial charge >= 0.3 is 5.97 Å².